The van der Waals surface area contributed by atoms with Gasteiger partial charge in [0.15, 0.2) is 17.5 Å². The van der Waals surface area contributed by atoms with Gasteiger partial charge in [-0.2, -0.15) is 9.67 Å². The van der Waals surface area contributed by atoms with Crippen LogP contribution in [0.1, 0.15) is 38.9 Å². The summed E-state index contributed by atoms with van der Waals surface area (Å²) in [6.07, 6.45) is 1.85. The molecule has 0 N–H and O–H groups in total. The standard InChI is InChI=1S/C20H26F2N8O2/c1-13(2)19-24-20(32-25-19)29-7-5-28(6-8-29)14(3)4-9-31-15-10-16(21)18(17(22)11-15)30-12-23-26-27-30/h10-14H,4-9H2,1-3H3. The maximum absolute atomic E-state index is 14.3. The molecule has 0 aliphatic carbocycles. The van der Waals surface area contributed by atoms with Crippen molar-refractivity contribution in [3.8, 4) is 11.4 Å². The highest BCUT2D eigenvalue weighted by molar-refractivity contribution is 5.39. The molecule has 2 aromatic heterocycles. The minimum Gasteiger partial charge on any atom is -0.493 e. The molecule has 1 saturated heterocycles. The highest BCUT2D eigenvalue weighted by Crippen LogP contribution is 2.24. The number of anilines is 1. The molecule has 0 amide bonds. The second kappa shape index (κ2) is 9.55. The van der Waals surface area contributed by atoms with Gasteiger partial charge in [0, 0.05) is 50.3 Å². The average molecular weight is 448 g/mol. The lowest BCUT2D eigenvalue weighted by atomic mass is 10.2. The van der Waals surface area contributed by atoms with E-state index in [9.17, 15) is 8.78 Å². The molecule has 3 heterocycles. The quantitative estimate of drug-likeness (QED) is 0.514. The van der Waals surface area contributed by atoms with Gasteiger partial charge in [0.05, 0.1) is 6.61 Å². The van der Waals surface area contributed by atoms with Crippen LogP contribution < -0.4 is 9.64 Å². The zero-order chi connectivity index (χ0) is 22.7. The van der Waals surface area contributed by atoms with Crippen molar-refractivity contribution in [1.82, 2.24) is 35.2 Å². The van der Waals surface area contributed by atoms with Crippen molar-refractivity contribution < 1.29 is 18.0 Å². The summed E-state index contributed by atoms with van der Waals surface area (Å²) in [6.45, 7) is 9.80. The van der Waals surface area contributed by atoms with E-state index >= 15 is 0 Å². The number of tetrazole rings is 1. The first-order valence-electron chi connectivity index (χ1n) is 10.6. The van der Waals surface area contributed by atoms with E-state index in [-0.39, 0.29) is 23.4 Å². The number of benzene rings is 1. The molecule has 1 fully saturated rings. The van der Waals surface area contributed by atoms with Gasteiger partial charge < -0.3 is 14.2 Å². The van der Waals surface area contributed by atoms with Crippen LogP contribution in [0.5, 0.6) is 5.75 Å². The van der Waals surface area contributed by atoms with Gasteiger partial charge in [-0.05, 0) is 23.8 Å². The van der Waals surface area contributed by atoms with Crippen molar-refractivity contribution in [1.29, 1.82) is 0 Å². The van der Waals surface area contributed by atoms with Gasteiger partial charge in [-0.15, -0.1) is 5.10 Å². The van der Waals surface area contributed by atoms with E-state index in [1.165, 1.54) is 0 Å². The van der Waals surface area contributed by atoms with E-state index in [2.05, 4.69) is 42.4 Å². The first-order valence-corrected chi connectivity index (χ1v) is 10.6. The van der Waals surface area contributed by atoms with Crippen molar-refractivity contribution >= 4 is 6.01 Å². The molecule has 172 valence electrons. The molecule has 3 aromatic rings. The van der Waals surface area contributed by atoms with Crippen LogP contribution in [0.3, 0.4) is 0 Å². The molecule has 1 unspecified atom stereocenters. The minimum absolute atomic E-state index is 0.131. The van der Waals surface area contributed by atoms with Crippen LogP contribution in [0.4, 0.5) is 14.8 Å². The zero-order valence-corrected chi connectivity index (χ0v) is 18.3. The van der Waals surface area contributed by atoms with Gasteiger partial charge in [-0.1, -0.05) is 19.0 Å². The van der Waals surface area contributed by atoms with Crippen molar-refractivity contribution in [2.24, 2.45) is 0 Å². The number of halogens is 2. The fourth-order valence-corrected chi connectivity index (χ4v) is 3.58. The summed E-state index contributed by atoms with van der Waals surface area (Å²) >= 11 is 0. The lowest BCUT2D eigenvalue weighted by Crippen LogP contribution is -2.50. The highest BCUT2D eigenvalue weighted by atomic mass is 19.1. The molecule has 4 rings (SSSR count). The van der Waals surface area contributed by atoms with Gasteiger partial charge >= 0.3 is 6.01 Å². The Morgan fingerprint density at radius 1 is 1.09 bits per heavy atom. The third-order valence-corrected chi connectivity index (χ3v) is 5.53. The highest BCUT2D eigenvalue weighted by Gasteiger charge is 2.25. The van der Waals surface area contributed by atoms with E-state index in [0.29, 0.717) is 18.4 Å². The van der Waals surface area contributed by atoms with Crippen LogP contribution in [-0.4, -0.2) is 74.1 Å². The summed E-state index contributed by atoms with van der Waals surface area (Å²) in [6, 6.07) is 3.10. The van der Waals surface area contributed by atoms with Crippen molar-refractivity contribution in [3.05, 3.63) is 35.9 Å². The largest absolute Gasteiger partial charge is 0.493 e. The molecule has 0 bridgehead atoms. The first-order chi connectivity index (χ1) is 15.4. The third-order valence-electron chi connectivity index (χ3n) is 5.53. The summed E-state index contributed by atoms with van der Waals surface area (Å²) < 4.78 is 40.5. The van der Waals surface area contributed by atoms with Gasteiger partial charge in [0.2, 0.25) is 0 Å². The summed E-state index contributed by atoms with van der Waals surface area (Å²) in [4.78, 5) is 8.90. The van der Waals surface area contributed by atoms with E-state index in [4.69, 9.17) is 9.26 Å². The third kappa shape index (κ3) is 4.85. The van der Waals surface area contributed by atoms with Crippen molar-refractivity contribution in [2.45, 2.75) is 39.2 Å². The second-order valence-corrected chi connectivity index (χ2v) is 8.09. The van der Waals surface area contributed by atoms with Crippen LogP contribution in [-0.2, 0) is 0 Å². The number of ether oxygens (including phenoxy) is 1. The fraction of sp³-hybridized carbons (Fsp3) is 0.550. The predicted octanol–water partition coefficient (Wildman–Crippen LogP) is 2.43. The molecule has 1 aliphatic rings. The van der Waals surface area contributed by atoms with Crippen LogP contribution in [0, 0.1) is 11.6 Å². The fourth-order valence-electron chi connectivity index (χ4n) is 3.58. The predicted molar refractivity (Wildman–Crippen MR) is 111 cm³/mol. The van der Waals surface area contributed by atoms with Crippen molar-refractivity contribution in [3.63, 3.8) is 0 Å². The molecular formula is C20H26F2N8O2. The molecule has 0 radical (unpaired) electrons. The van der Waals surface area contributed by atoms with Gasteiger partial charge in [-0.3, -0.25) is 4.90 Å². The molecule has 0 saturated carbocycles. The summed E-state index contributed by atoms with van der Waals surface area (Å²) in [5.41, 5.74) is -0.338. The van der Waals surface area contributed by atoms with E-state index in [0.717, 1.165) is 55.7 Å². The Morgan fingerprint density at radius 3 is 2.41 bits per heavy atom. The van der Waals surface area contributed by atoms with Crippen molar-refractivity contribution in [2.75, 3.05) is 37.7 Å². The number of rotatable bonds is 8. The molecular weight excluding hydrogens is 422 g/mol. The SMILES string of the molecule is CC(C)c1noc(N2CCN(C(C)CCOc3cc(F)c(-n4cnnn4)c(F)c3)CC2)n1. The Hall–Kier alpha value is -3.15. The van der Waals surface area contributed by atoms with E-state index in [1.807, 2.05) is 13.8 Å². The molecule has 10 nitrogen and oxygen atoms in total. The van der Waals surface area contributed by atoms with Crippen LogP contribution in [0.2, 0.25) is 0 Å². The molecule has 1 aliphatic heterocycles. The maximum Gasteiger partial charge on any atom is 0.324 e. The minimum atomic E-state index is -0.793. The Labute approximate surface area is 184 Å². The number of piperazine rings is 1. The number of hydrogen-bond donors (Lipinski definition) is 0. The normalized spacial score (nSPS) is 16.0. The molecule has 1 aromatic carbocycles. The number of hydrogen-bond acceptors (Lipinski definition) is 9. The van der Waals surface area contributed by atoms with E-state index in [1.54, 1.807) is 0 Å². The van der Waals surface area contributed by atoms with Crippen LogP contribution in [0.25, 0.3) is 5.69 Å². The van der Waals surface area contributed by atoms with E-state index < -0.39 is 11.6 Å². The van der Waals surface area contributed by atoms with Gasteiger partial charge in [-0.25, -0.2) is 8.78 Å². The van der Waals surface area contributed by atoms with Crippen LogP contribution >= 0.6 is 0 Å². The maximum atomic E-state index is 14.3. The summed E-state index contributed by atoms with van der Waals surface area (Å²) in [5, 5.41) is 14.3. The molecule has 32 heavy (non-hydrogen) atoms. The Morgan fingerprint density at radius 2 is 1.81 bits per heavy atom. The monoisotopic (exact) mass is 448 g/mol. The van der Waals surface area contributed by atoms with Crippen LogP contribution in [0.15, 0.2) is 23.0 Å². The Bertz CT molecular complexity index is 996. The molecule has 12 heteroatoms. The topological polar surface area (TPSA) is 98.2 Å². The summed E-state index contributed by atoms with van der Waals surface area (Å²) in [7, 11) is 0. The average Bonchev–Trinajstić information content (AvgIpc) is 3.46. The Kier molecular flexibility index (Phi) is 6.58. The van der Waals surface area contributed by atoms with Gasteiger partial charge in [0.1, 0.15) is 17.8 Å². The van der Waals surface area contributed by atoms with Gasteiger partial charge in [0.25, 0.3) is 0 Å². The summed E-state index contributed by atoms with van der Waals surface area (Å²) in [5.74, 6) is -0.513. The number of aromatic nitrogens is 6. The zero-order valence-electron chi connectivity index (χ0n) is 18.3. The molecule has 1 atom stereocenters. The smallest absolute Gasteiger partial charge is 0.324 e. The lowest BCUT2D eigenvalue weighted by molar-refractivity contribution is 0.163. The first kappa shape index (κ1) is 22.1. The lowest BCUT2D eigenvalue weighted by Gasteiger charge is -2.37. The Balaban J connectivity index is 1.25. The molecule has 0 spiro atoms. The second-order valence-electron chi connectivity index (χ2n) is 8.09. The number of nitrogens with zero attached hydrogens (tertiary/aromatic N) is 8.